The first kappa shape index (κ1) is 22.9. The number of amides is 1. The molecule has 7 heteroatoms. The fourth-order valence-corrected chi connectivity index (χ4v) is 4.17. The Balaban J connectivity index is 2.08. The van der Waals surface area contributed by atoms with Crippen molar-refractivity contribution < 1.29 is 13.2 Å². The Hall–Kier alpha value is -2.38. The van der Waals surface area contributed by atoms with Gasteiger partial charge in [-0.05, 0) is 81.4 Å². The second kappa shape index (κ2) is 9.41. The summed E-state index contributed by atoms with van der Waals surface area (Å²) < 4.78 is 27.8. The van der Waals surface area contributed by atoms with Crippen molar-refractivity contribution in [2.75, 3.05) is 25.4 Å². The quantitative estimate of drug-likeness (QED) is 0.690. The van der Waals surface area contributed by atoms with E-state index < -0.39 is 10.0 Å². The molecule has 1 unspecified atom stereocenters. The summed E-state index contributed by atoms with van der Waals surface area (Å²) in [4.78, 5) is 14.6. The minimum Gasteiger partial charge on any atom is -0.350 e. The molecule has 0 saturated heterocycles. The number of anilines is 1. The molecule has 2 aromatic carbocycles. The molecule has 0 bridgehead atoms. The zero-order valence-electron chi connectivity index (χ0n) is 18.0. The number of sulfonamides is 1. The Morgan fingerprint density at radius 1 is 1.00 bits per heavy atom. The van der Waals surface area contributed by atoms with Gasteiger partial charge in [-0.1, -0.05) is 19.9 Å². The molecule has 0 aliphatic heterocycles. The molecule has 1 amide bonds. The van der Waals surface area contributed by atoms with Gasteiger partial charge >= 0.3 is 0 Å². The van der Waals surface area contributed by atoms with Crippen LogP contribution in [0, 0.1) is 19.8 Å². The first-order valence-corrected chi connectivity index (χ1v) is 11.1. The second-order valence-corrected chi connectivity index (χ2v) is 9.60. The van der Waals surface area contributed by atoms with Crippen molar-refractivity contribution in [1.29, 1.82) is 0 Å². The molecule has 0 aliphatic rings. The molecule has 2 N–H and O–H groups in total. The van der Waals surface area contributed by atoms with Gasteiger partial charge in [0.2, 0.25) is 0 Å². The summed E-state index contributed by atoms with van der Waals surface area (Å²) in [5, 5.41) is 2.93. The standard InChI is InChI=1S/C22H31N3O3S/c1-15(2)21(25(5)6)14-23-22(26)18-8-11-20(12-9-18)29(27,28)24-19-10-7-16(3)17(4)13-19/h7-13,15,21,24H,14H2,1-6H3,(H,23,26). The molecule has 1 atom stereocenters. The topological polar surface area (TPSA) is 78.5 Å². The summed E-state index contributed by atoms with van der Waals surface area (Å²) >= 11 is 0. The van der Waals surface area contributed by atoms with Crippen LogP contribution in [0.3, 0.4) is 0 Å². The van der Waals surface area contributed by atoms with Crippen LogP contribution in [0.15, 0.2) is 47.4 Å². The van der Waals surface area contributed by atoms with E-state index in [9.17, 15) is 13.2 Å². The predicted molar refractivity (Wildman–Crippen MR) is 118 cm³/mol. The zero-order valence-corrected chi connectivity index (χ0v) is 18.8. The van der Waals surface area contributed by atoms with Crippen LogP contribution in [0.2, 0.25) is 0 Å². The molecule has 0 saturated carbocycles. The summed E-state index contributed by atoms with van der Waals surface area (Å²) in [5.74, 6) is 0.179. The number of carbonyl (C=O) groups is 1. The lowest BCUT2D eigenvalue weighted by molar-refractivity contribution is 0.0934. The van der Waals surface area contributed by atoms with Gasteiger partial charge in [0.25, 0.3) is 15.9 Å². The summed E-state index contributed by atoms with van der Waals surface area (Å²) in [7, 11) is 0.248. The molecular formula is C22H31N3O3S. The number of likely N-dealkylation sites (N-methyl/N-ethyl adjacent to an activating group) is 1. The number of nitrogens with one attached hydrogen (secondary N) is 2. The maximum absolute atomic E-state index is 12.6. The van der Waals surface area contributed by atoms with Crippen molar-refractivity contribution in [3.05, 3.63) is 59.2 Å². The molecule has 2 aromatic rings. The van der Waals surface area contributed by atoms with E-state index in [4.69, 9.17) is 0 Å². The maximum Gasteiger partial charge on any atom is 0.261 e. The van der Waals surface area contributed by atoms with Gasteiger partial charge in [-0.25, -0.2) is 8.42 Å². The summed E-state index contributed by atoms with van der Waals surface area (Å²) in [6, 6.07) is 11.6. The molecule has 158 valence electrons. The first-order chi connectivity index (χ1) is 13.5. The summed E-state index contributed by atoms with van der Waals surface area (Å²) in [6.07, 6.45) is 0. The molecule has 0 fully saturated rings. The third-order valence-corrected chi connectivity index (χ3v) is 6.49. The molecule has 6 nitrogen and oxygen atoms in total. The lowest BCUT2D eigenvalue weighted by Crippen LogP contribution is -2.43. The Morgan fingerprint density at radius 2 is 1.62 bits per heavy atom. The van der Waals surface area contributed by atoms with E-state index in [1.165, 1.54) is 24.3 Å². The van der Waals surface area contributed by atoms with E-state index in [0.29, 0.717) is 23.7 Å². The number of benzene rings is 2. The monoisotopic (exact) mass is 417 g/mol. The smallest absolute Gasteiger partial charge is 0.261 e. The highest BCUT2D eigenvalue weighted by molar-refractivity contribution is 7.92. The van der Waals surface area contributed by atoms with Crippen molar-refractivity contribution in [1.82, 2.24) is 10.2 Å². The fourth-order valence-electron chi connectivity index (χ4n) is 3.12. The van der Waals surface area contributed by atoms with Crippen LogP contribution in [-0.2, 0) is 10.0 Å². The lowest BCUT2D eigenvalue weighted by Gasteiger charge is -2.28. The number of nitrogens with zero attached hydrogens (tertiary/aromatic N) is 1. The van der Waals surface area contributed by atoms with Gasteiger partial charge in [0.05, 0.1) is 4.90 Å². The molecule has 0 aliphatic carbocycles. The van der Waals surface area contributed by atoms with Crippen LogP contribution in [0.4, 0.5) is 5.69 Å². The van der Waals surface area contributed by atoms with E-state index in [0.717, 1.165) is 11.1 Å². The predicted octanol–water partition coefficient (Wildman–Crippen LogP) is 3.42. The van der Waals surface area contributed by atoms with E-state index in [-0.39, 0.29) is 16.8 Å². The van der Waals surface area contributed by atoms with Crippen molar-refractivity contribution >= 4 is 21.6 Å². The largest absolute Gasteiger partial charge is 0.350 e. The highest BCUT2D eigenvalue weighted by Crippen LogP contribution is 2.19. The average Bonchev–Trinajstić information content (AvgIpc) is 2.64. The molecular weight excluding hydrogens is 386 g/mol. The maximum atomic E-state index is 12.6. The van der Waals surface area contributed by atoms with Crippen molar-refractivity contribution in [3.8, 4) is 0 Å². The normalized spacial score (nSPS) is 12.8. The van der Waals surface area contributed by atoms with E-state index >= 15 is 0 Å². The van der Waals surface area contributed by atoms with Gasteiger partial charge in [-0.2, -0.15) is 0 Å². The van der Waals surface area contributed by atoms with Gasteiger partial charge in [-0.15, -0.1) is 0 Å². The average molecular weight is 418 g/mol. The Morgan fingerprint density at radius 3 is 2.14 bits per heavy atom. The van der Waals surface area contributed by atoms with Gasteiger partial charge in [0, 0.05) is 23.8 Å². The van der Waals surface area contributed by atoms with Gasteiger partial charge in [0.1, 0.15) is 0 Å². The van der Waals surface area contributed by atoms with Crippen molar-refractivity contribution in [2.45, 2.75) is 38.6 Å². The van der Waals surface area contributed by atoms with E-state index in [2.05, 4.69) is 28.8 Å². The highest BCUT2D eigenvalue weighted by Gasteiger charge is 2.18. The third-order valence-electron chi connectivity index (χ3n) is 5.09. The van der Waals surface area contributed by atoms with Gasteiger partial charge < -0.3 is 10.2 Å². The molecule has 29 heavy (non-hydrogen) atoms. The van der Waals surface area contributed by atoms with E-state index in [1.807, 2.05) is 34.0 Å². The number of hydrogen-bond donors (Lipinski definition) is 2. The molecule has 2 rings (SSSR count). The number of rotatable bonds is 8. The zero-order chi connectivity index (χ0) is 21.8. The fraction of sp³-hybridized carbons (Fsp3) is 0.409. The van der Waals surface area contributed by atoms with Crippen LogP contribution in [0.5, 0.6) is 0 Å². The van der Waals surface area contributed by atoms with Gasteiger partial charge in [-0.3, -0.25) is 9.52 Å². The molecule has 0 heterocycles. The SMILES string of the molecule is Cc1ccc(NS(=O)(=O)c2ccc(C(=O)NCC(C(C)C)N(C)C)cc2)cc1C. The Kier molecular flexibility index (Phi) is 7.43. The Bertz CT molecular complexity index is 944. The lowest BCUT2D eigenvalue weighted by atomic mass is 10.0. The van der Waals surface area contributed by atoms with E-state index in [1.54, 1.807) is 12.1 Å². The molecule has 0 radical (unpaired) electrons. The van der Waals surface area contributed by atoms with Crippen LogP contribution >= 0.6 is 0 Å². The number of carbonyl (C=O) groups excluding carboxylic acids is 1. The minimum absolute atomic E-state index is 0.112. The summed E-state index contributed by atoms with van der Waals surface area (Å²) in [6.45, 7) is 8.65. The summed E-state index contributed by atoms with van der Waals surface area (Å²) in [5.41, 5.74) is 3.04. The van der Waals surface area contributed by atoms with Gasteiger partial charge in [0.15, 0.2) is 0 Å². The van der Waals surface area contributed by atoms with Crippen molar-refractivity contribution in [3.63, 3.8) is 0 Å². The van der Waals surface area contributed by atoms with Crippen LogP contribution in [-0.4, -0.2) is 45.9 Å². The first-order valence-electron chi connectivity index (χ1n) is 9.66. The molecule has 0 aromatic heterocycles. The third kappa shape index (κ3) is 6.05. The van der Waals surface area contributed by atoms with Crippen molar-refractivity contribution in [2.24, 2.45) is 5.92 Å². The number of hydrogen-bond acceptors (Lipinski definition) is 4. The minimum atomic E-state index is -3.72. The Labute approximate surface area is 174 Å². The number of aryl methyl sites for hydroxylation is 2. The van der Waals surface area contributed by atoms with Crippen LogP contribution in [0.25, 0.3) is 0 Å². The molecule has 0 spiro atoms. The van der Waals surface area contributed by atoms with Crippen LogP contribution < -0.4 is 10.0 Å². The highest BCUT2D eigenvalue weighted by atomic mass is 32.2. The second-order valence-electron chi connectivity index (χ2n) is 7.91. The van der Waals surface area contributed by atoms with Crippen LogP contribution in [0.1, 0.15) is 35.3 Å².